The Balaban J connectivity index is 1.49. The van der Waals surface area contributed by atoms with Gasteiger partial charge in [-0.05, 0) is 47.7 Å². The molecular formula is C23H25N3O3. The fraction of sp³-hybridized carbons (Fsp3) is 0.435. The molecule has 2 aromatic rings. The second-order valence-electron chi connectivity index (χ2n) is 7.68. The van der Waals surface area contributed by atoms with Crippen molar-refractivity contribution in [2.45, 2.75) is 38.7 Å². The monoisotopic (exact) mass is 391 g/mol. The van der Waals surface area contributed by atoms with Crippen LogP contribution in [0.1, 0.15) is 38.2 Å². The maximum Gasteiger partial charge on any atom is 0.228 e. The summed E-state index contributed by atoms with van der Waals surface area (Å²) in [5, 5.41) is 12.5. The standard InChI is InChI=1S/C23H25N3O3/c1-2-15-12-20(15)23(27)26-22-13-17(5-8-25-22)16-3-4-21(18(11-16)14-24)29-19-6-9-28-10-7-19/h3-5,8,11,13,15,19-20H,2,6-7,9-10,12H2,1H3,(H,25,26,27)/t15-,20-/m1/s1. The van der Waals surface area contributed by atoms with E-state index in [4.69, 9.17) is 9.47 Å². The van der Waals surface area contributed by atoms with Crippen molar-refractivity contribution in [2.75, 3.05) is 18.5 Å². The summed E-state index contributed by atoms with van der Waals surface area (Å²) < 4.78 is 11.4. The zero-order valence-corrected chi connectivity index (χ0v) is 16.6. The van der Waals surface area contributed by atoms with Gasteiger partial charge in [0.25, 0.3) is 0 Å². The van der Waals surface area contributed by atoms with E-state index in [-0.39, 0.29) is 17.9 Å². The molecule has 1 saturated heterocycles. The number of benzene rings is 1. The Morgan fingerprint density at radius 2 is 2.07 bits per heavy atom. The normalized spacial score (nSPS) is 21.2. The van der Waals surface area contributed by atoms with Crippen LogP contribution in [0.3, 0.4) is 0 Å². The molecule has 1 amide bonds. The molecule has 2 aliphatic rings. The van der Waals surface area contributed by atoms with Crippen molar-refractivity contribution >= 4 is 11.7 Å². The van der Waals surface area contributed by atoms with Crippen LogP contribution in [-0.2, 0) is 9.53 Å². The molecule has 1 saturated carbocycles. The number of amides is 1. The van der Waals surface area contributed by atoms with E-state index in [1.807, 2.05) is 30.3 Å². The van der Waals surface area contributed by atoms with Gasteiger partial charge in [0.2, 0.25) is 5.91 Å². The maximum atomic E-state index is 12.3. The number of carbonyl (C=O) groups is 1. The first-order valence-electron chi connectivity index (χ1n) is 10.2. The van der Waals surface area contributed by atoms with Gasteiger partial charge in [0.1, 0.15) is 23.7 Å². The third-order valence-corrected chi connectivity index (χ3v) is 5.69. The summed E-state index contributed by atoms with van der Waals surface area (Å²) in [5.41, 5.74) is 2.28. The van der Waals surface area contributed by atoms with Gasteiger partial charge in [-0.15, -0.1) is 0 Å². The van der Waals surface area contributed by atoms with Gasteiger partial charge in [0.05, 0.1) is 18.8 Å². The van der Waals surface area contributed by atoms with E-state index in [1.54, 1.807) is 6.20 Å². The van der Waals surface area contributed by atoms with Gasteiger partial charge in [-0.1, -0.05) is 19.4 Å². The molecule has 2 heterocycles. The van der Waals surface area contributed by atoms with Crippen LogP contribution in [0.15, 0.2) is 36.5 Å². The number of nitrogens with zero attached hydrogens (tertiary/aromatic N) is 2. The first-order chi connectivity index (χ1) is 14.2. The lowest BCUT2D eigenvalue weighted by molar-refractivity contribution is -0.117. The summed E-state index contributed by atoms with van der Waals surface area (Å²) in [6.45, 7) is 3.49. The molecule has 1 aromatic carbocycles. The predicted molar refractivity (Wildman–Crippen MR) is 109 cm³/mol. The number of nitriles is 1. The molecule has 0 spiro atoms. The summed E-state index contributed by atoms with van der Waals surface area (Å²) in [4.78, 5) is 16.6. The number of hydrogen-bond donors (Lipinski definition) is 1. The molecule has 2 atom stereocenters. The maximum absolute atomic E-state index is 12.3. The molecular weight excluding hydrogens is 366 g/mol. The van der Waals surface area contributed by atoms with E-state index in [2.05, 4.69) is 23.3 Å². The van der Waals surface area contributed by atoms with E-state index < -0.39 is 0 Å². The fourth-order valence-corrected chi connectivity index (χ4v) is 3.79. The van der Waals surface area contributed by atoms with Crippen LogP contribution in [0, 0.1) is 23.2 Å². The second kappa shape index (κ2) is 8.62. The molecule has 150 valence electrons. The Labute approximate surface area is 170 Å². The minimum Gasteiger partial charge on any atom is -0.489 e. The number of hydrogen-bond acceptors (Lipinski definition) is 5. The van der Waals surface area contributed by atoms with Gasteiger partial charge in [0.15, 0.2) is 0 Å². The highest BCUT2D eigenvalue weighted by Crippen LogP contribution is 2.41. The molecule has 6 nitrogen and oxygen atoms in total. The number of carbonyl (C=O) groups excluding carboxylic acids is 1. The van der Waals surface area contributed by atoms with Crippen LogP contribution in [0.4, 0.5) is 5.82 Å². The highest BCUT2D eigenvalue weighted by Gasteiger charge is 2.41. The van der Waals surface area contributed by atoms with E-state index in [0.717, 1.165) is 36.8 Å². The van der Waals surface area contributed by atoms with Crippen LogP contribution in [-0.4, -0.2) is 30.2 Å². The van der Waals surface area contributed by atoms with Crippen LogP contribution in [0.2, 0.25) is 0 Å². The number of nitrogens with one attached hydrogen (secondary N) is 1. The number of pyridine rings is 1. The van der Waals surface area contributed by atoms with E-state index >= 15 is 0 Å². The largest absolute Gasteiger partial charge is 0.489 e. The zero-order valence-electron chi connectivity index (χ0n) is 16.6. The summed E-state index contributed by atoms with van der Waals surface area (Å²) in [7, 11) is 0. The second-order valence-corrected chi connectivity index (χ2v) is 7.68. The van der Waals surface area contributed by atoms with Crippen molar-refractivity contribution in [1.82, 2.24) is 4.98 Å². The van der Waals surface area contributed by atoms with Crippen molar-refractivity contribution in [3.8, 4) is 22.9 Å². The van der Waals surface area contributed by atoms with Crippen molar-refractivity contribution < 1.29 is 14.3 Å². The molecule has 6 heteroatoms. The number of ether oxygens (including phenoxy) is 2. The van der Waals surface area contributed by atoms with Gasteiger partial charge < -0.3 is 14.8 Å². The van der Waals surface area contributed by atoms with E-state index in [9.17, 15) is 10.1 Å². The Morgan fingerprint density at radius 1 is 1.28 bits per heavy atom. The molecule has 0 bridgehead atoms. The van der Waals surface area contributed by atoms with Crippen molar-refractivity contribution in [3.63, 3.8) is 0 Å². The molecule has 2 fully saturated rings. The number of rotatable bonds is 6. The van der Waals surface area contributed by atoms with Crippen LogP contribution >= 0.6 is 0 Å². The molecule has 1 aliphatic heterocycles. The van der Waals surface area contributed by atoms with Crippen molar-refractivity contribution in [2.24, 2.45) is 11.8 Å². The lowest BCUT2D eigenvalue weighted by Gasteiger charge is -2.23. The lowest BCUT2D eigenvalue weighted by atomic mass is 10.0. The van der Waals surface area contributed by atoms with Crippen LogP contribution < -0.4 is 10.1 Å². The molecule has 0 unspecified atom stereocenters. The first kappa shape index (κ1) is 19.4. The third-order valence-electron chi connectivity index (χ3n) is 5.69. The average molecular weight is 391 g/mol. The first-order valence-corrected chi connectivity index (χ1v) is 10.2. The van der Waals surface area contributed by atoms with Gasteiger partial charge >= 0.3 is 0 Å². The Morgan fingerprint density at radius 3 is 2.79 bits per heavy atom. The summed E-state index contributed by atoms with van der Waals surface area (Å²) >= 11 is 0. The minimum absolute atomic E-state index is 0.0411. The predicted octanol–water partition coefficient (Wildman–Crippen LogP) is 4.16. The summed E-state index contributed by atoms with van der Waals surface area (Å²) in [6, 6.07) is 11.6. The molecule has 0 radical (unpaired) electrons. The Hall–Kier alpha value is -2.91. The third kappa shape index (κ3) is 4.57. The average Bonchev–Trinajstić information content (AvgIpc) is 3.55. The minimum atomic E-state index is 0.0411. The fourth-order valence-electron chi connectivity index (χ4n) is 3.79. The molecule has 1 aliphatic carbocycles. The van der Waals surface area contributed by atoms with E-state index in [1.165, 1.54) is 0 Å². The van der Waals surface area contributed by atoms with Gasteiger partial charge in [-0.2, -0.15) is 5.26 Å². The molecule has 4 rings (SSSR count). The molecule has 1 N–H and O–H groups in total. The lowest BCUT2D eigenvalue weighted by Crippen LogP contribution is -2.26. The Bertz CT molecular complexity index is 931. The van der Waals surface area contributed by atoms with E-state index in [0.29, 0.717) is 36.3 Å². The molecule has 29 heavy (non-hydrogen) atoms. The van der Waals surface area contributed by atoms with Gasteiger partial charge in [0, 0.05) is 25.0 Å². The van der Waals surface area contributed by atoms with Gasteiger partial charge in [-0.3, -0.25) is 4.79 Å². The highest BCUT2D eigenvalue weighted by molar-refractivity contribution is 5.94. The van der Waals surface area contributed by atoms with Gasteiger partial charge in [-0.25, -0.2) is 4.98 Å². The number of anilines is 1. The topological polar surface area (TPSA) is 84.2 Å². The smallest absolute Gasteiger partial charge is 0.228 e. The summed E-state index contributed by atoms with van der Waals surface area (Å²) in [5.74, 6) is 1.79. The summed E-state index contributed by atoms with van der Waals surface area (Å²) in [6.07, 6.45) is 5.42. The zero-order chi connectivity index (χ0) is 20.2. The van der Waals surface area contributed by atoms with Crippen molar-refractivity contribution in [1.29, 1.82) is 5.26 Å². The SMILES string of the molecule is CC[C@@H]1C[C@H]1C(=O)Nc1cc(-c2ccc(OC3CCOCC3)c(C#N)c2)ccn1. The highest BCUT2D eigenvalue weighted by atomic mass is 16.5. The van der Waals surface area contributed by atoms with Crippen molar-refractivity contribution in [3.05, 3.63) is 42.1 Å². The van der Waals surface area contributed by atoms with Crippen LogP contribution in [0.25, 0.3) is 11.1 Å². The van der Waals surface area contributed by atoms with Crippen LogP contribution in [0.5, 0.6) is 5.75 Å². The Kier molecular flexibility index (Phi) is 5.77. The molecule has 1 aromatic heterocycles. The number of aromatic nitrogens is 1. The quantitative estimate of drug-likeness (QED) is 0.799.